The summed E-state index contributed by atoms with van der Waals surface area (Å²) in [7, 11) is 3.38. The Morgan fingerprint density at radius 3 is 2.76 bits per heavy atom. The molecule has 0 radical (unpaired) electrons. The fraction of sp³-hybridized carbons (Fsp3) is 0.250. The molecule has 0 N–H and O–H groups in total. The lowest BCUT2D eigenvalue weighted by atomic mass is 10.2. The first-order valence-corrected chi connectivity index (χ1v) is 7.32. The number of ether oxygens (including phenoxy) is 1. The van der Waals surface area contributed by atoms with Crippen molar-refractivity contribution in [3.05, 3.63) is 57.8 Å². The molecule has 1 aromatic carbocycles. The molecule has 110 valence electrons. The number of pyridine rings is 1. The van der Waals surface area contributed by atoms with Crippen molar-refractivity contribution in [1.82, 2.24) is 9.88 Å². The quantitative estimate of drug-likeness (QED) is 0.849. The molecule has 0 spiro atoms. The molecule has 0 aliphatic rings. The summed E-state index contributed by atoms with van der Waals surface area (Å²) >= 11 is 3.44. The fourth-order valence-electron chi connectivity index (χ4n) is 2.06. The molecule has 2 rings (SSSR count). The van der Waals surface area contributed by atoms with Crippen LogP contribution in [0.4, 0.5) is 0 Å². The van der Waals surface area contributed by atoms with E-state index >= 15 is 0 Å². The van der Waals surface area contributed by atoms with Gasteiger partial charge in [-0.25, -0.2) is 4.98 Å². The SMILES string of the molecule is COc1ccc(Br)cc1CN(C)C(=O)c1cccc(C)n1. The van der Waals surface area contributed by atoms with E-state index in [-0.39, 0.29) is 5.91 Å². The number of methoxy groups -OCH3 is 1. The van der Waals surface area contributed by atoms with Crippen LogP contribution in [0.25, 0.3) is 0 Å². The molecule has 0 atom stereocenters. The summed E-state index contributed by atoms with van der Waals surface area (Å²) in [5.74, 6) is 0.649. The highest BCUT2D eigenvalue weighted by Gasteiger charge is 2.15. The van der Waals surface area contributed by atoms with Gasteiger partial charge in [0.05, 0.1) is 7.11 Å². The monoisotopic (exact) mass is 348 g/mol. The van der Waals surface area contributed by atoms with Crippen LogP contribution in [-0.2, 0) is 6.54 Å². The van der Waals surface area contributed by atoms with Gasteiger partial charge in [-0.3, -0.25) is 4.79 Å². The van der Waals surface area contributed by atoms with Crippen molar-refractivity contribution in [3.8, 4) is 5.75 Å². The zero-order valence-corrected chi connectivity index (χ0v) is 13.8. The number of benzene rings is 1. The molecule has 0 aliphatic carbocycles. The average molecular weight is 349 g/mol. The second-order valence-electron chi connectivity index (χ2n) is 4.78. The number of amides is 1. The van der Waals surface area contributed by atoms with Gasteiger partial charge in [0.1, 0.15) is 11.4 Å². The summed E-state index contributed by atoms with van der Waals surface area (Å²) in [6, 6.07) is 11.2. The number of aromatic nitrogens is 1. The number of rotatable bonds is 4. The standard InChI is InChI=1S/C16H17BrN2O2/c1-11-5-4-6-14(18-11)16(20)19(2)10-12-9-13(17)7-8-15(12)21-3/h4-9H,10H2,1-3H3. The van der Waals surface area contributed by atoms with Gasteiger partial charge >= 0.3 is 0 Å². The highest BCUT2D eigenvalue weighted by molar-refractivity contribution is 9.10. The highest BCUT2D eigenvalue weighted by atomic mass is 79.9. The van der Waals surface area contributed by atoms with E-state index in [9.17, 15) is 4.79 Å². The van der Waals surface area contributed by atoms with Crippen molar-refractivity contribution in [2.75, 3.05) is 14.2 Å². The lowest BCUT2D eigenvalue weighted by Crippen LogP contribution is -2.27. The van der Waals surface area contributed by atoms with Gasteiger partial charge in [-0.1, -0.05) is 22.0 Å². The summed E-state index contributed by atoms with van der Waals surface area (Å²) in [4.78, 5) is 18.3. The van der Waals surface area contributed by atoms with Gasteiger partial charge in [-0.2, -0.15) is 0 Å². The van der Waals surface area contributed by atoms with Crippen molar-refractivity contribution in [3.63, 3.8) is 0 Å². The minimum absolute atomic E-state index is 0.110. The third-order valence-electron chi connectivity index (χ3n) is 3.10. The molecule has 1 heterocycles. The van der Waals surface area contributed by atoms with Gasteiger partial charge in [0, 0.05) is 29.3 Å². The topological polar surface area (TPSA) is 42.4 Å². The second-order valence-corrected chi connectivity index (χ2v) is 5.70. The molecule has 5 heteroatoms. The second kappa shape index (κ2) is 6.72. The lowest BCUT2D eigenvalue weighted by molar-refractivity contribution is 0.0778. The van der Waals surface area contributed by atoms with Crippen LogP contribution in [0.5, 0.6) is 5.75 Å². The van der Waals surface area contributed by atoms with Gasteiger partial charge in [-0.15, -0.1) is 0 Å². The molecule has 0 bridgehead atoms. The van der Waals surface area contributed by atoms with E-state index in [1.165, 1.54) is 0 Å². The van der Waals surface area contributed by atoms with E-state index in [1.54, 1.807) is 25.1 Å². The predicted octanol–water partition coefficient (Wildman–Crippen LogP) is 3.43. The van der Waals surface area contributed by atoms with Crippen LogP contribution in [0.15, 0.2) is 40.9 Å². The third-order valence-corrected chi connectivity index (χ3v) is 3.60. The number of halogens is 1. The van der Waals surface area contributed by atoms with Crippen molar-refractivity contribution in [1.29, 1.82) is 0 Å². The van der Waals surface area contributed by atoms with Crippen LogP contribution in [-0.4, -0.2) is 29.9 Å². The van der Waals surface area contributed by atoms with Crippen LogP contribution in [0.2, 0.25) is 0 Å². The maximum absolute atomic E-state index is 12.4. The Bertz CT molecular complexity index is 658. The Balaban J connectivity index is 2.19. The zero-order valence-electron chi connectivity index (χ0n) is 12.3. The smallest absolute Gasteiger partial charge is 0.272 e. The molecule has 0 aliphatic heterocycles. The van der Waals surface area contributed by atoms with Crippen molar-refractivity contribution < 1.29 is 9.53 Å². The third kappa shape index (κ3) is 3.82. The van der Waals surface area contributed by atoms with Crippen LogP contribution >= 0.6 is 15.9 Å². The molecule has 0 fully saturated rings. The Kier molecular flexibility index (Phi) is 4.96. The number of hydrogen-bond acceptors (Lipinski definition) is 3. The Hall–Kier alpha value is -1.88. The summed E-state index contributed by atoms with van der Waals surface area (Å²) in [6.07, 6.45) is 0. The summed E-state index contributed by atoms with van der Waals surface area (Å²) in [6.45, 7) is 2.32. The average Bonchev–Trinajstić information content (AvgIpc) is 2.46. The number of carbonyl (C=O) groups excluding carboxylic acids is 1. The van der Waals surface area contributed by atoms with E-state index in [4.69, 9.17) is 4.74 Å². The van der Waals surface area contributed by atoms with E-state index in [2.05, 4.69) is 20.9 Å². The highest BCUT2D eigenvalue weighted by Crippen LogP contribution is 2.24. The predicted molar refractivity (Wildman–Crippen MR) is 85.5 cm³/mol. The van der Waals surface area contributed by atoms with Crippen LogP contribution in [0.1, 0.15) is 21.7 Å². The van der Waals surface area contributed by atoms with Crippen LogP contribution < -0.4 is 4.74 Å². The molecule has 0 saturated carbocycles. The molecule has 1 aromatic heterocycles. The van der Waals surface area contributed by atoms with Gasteiger partial charge in [-0.05, 0) is 37.3 Å². The fourth-order valence-corrected chi connectivity index (χ4v) is 2.46. The minimum atomic E-state index is -0.110. The van der Waals surface area contributed by atoms with Gasteiger partial charge in [0.15, 0.2) is 0 Å². The summed E-state index contributed by atoms with van der Waals surface area (Å²) in [5.41, 5.74) is 2.22. The van der Waals surface area contributed by atoms with Crippen molar-refractivity contribution in [2.45, 2.75) is 13.5 Å². The van der Waals surface area contributed by atoms with Gasteiger partial charge in [0.2, 0.25) is 0 Å². The molecule has 0 unspecified atom stereocenters. The molecular formula is C16H17BrN2O2. The zero-order chi connectivity index (χ0) is 15.4. The van der Waals surface area contributed by atoms with Crippen molar-refractivity contribution in [2.24, 2.45) is 0 Å². The summed E-state index contributed by atoms with van der Waals surface area (Å²) in [5, 5.41) is 0. The van der Waals surface area contributed by atoms with Gasteiger partial charge in [0.25, 0.3) is 5.91 Å². The first-order chi connectivity index (χ1) is 10.0. The van der Waals surface area contributed by atoms with Crippen LogP contribution in [0, 0.1) is 6.92 Å². The maximum Gasteiger partial charge on any atom is 0.272 e. The van der Waals surface area contributed by atoms with E-state index in [0.29, 0.717) is 12.2 Å². The Morgan fingerprint density at radius 2 is 2.10 bits per heavy atom. The number of carbonyl (C=O) groups is 1. The number of nitrogens with zero attached hydrogens (tertiary/aromatic N) is 2. The molecule has 21 heavy (non-hydrogen) atoms. The largest absolute Gasteiger partial charge is 0.496 e. The minimum Gasteiger partial charge on any atom is -0.496 e. The number of hydrogen-bond donors (Lipinski definition) is 0. The van der Waals surface area contributed by atoms with E-state index in [0.717, 1.165) is 21.5 Å². The number of aryl methyl sites for hydroxylation is 1. The van der Waals surface area contributed by atoms with Crippen LogP contribution in [0.3, 0.4) is 0 Å². The molecule has 4 nitrogen and oxygen atoms in total. The van der Waals surface area contributed by atoms with E-state index in [1.807, 2.05) is 37.3 Å². The summed E-state index contributed by atoms with van der Waals surface area (Å²) < 4.78 is 6.28. The normalized spacial score (nSPS) is 10.3. The first kappa shape index (κ1) is 15.5. The van der Waals surface area contributed by atoms with Crippen molar-refractivity contribution >= 4 is 21.8 Å². The Labute approximate surface area is 132 Å². The van der Waals surface area contributed by atoms with Gasteiger partial charge < -0.3 is 9.64 Å². The maximum atomic E-state index is 12.4. The molecule has 2 aromatic rings. The lowest BCUT2D eigenvalue weighted by Gasteiger charge is -2.19. The molecular weight excluding hydrogens is 332 g/mol. The Morgan fingerprint density at radius 1 is 1.33 bits per heavy atom. The molecule has 1 amide bonds. The first-order valence-electron chi connectivity index (χ1n) is 6.53. The molecule has 0 saturated heterocycles. The van der Waals surface area contributed by atoms with E-state index < -0.39 is 0 Å².